The van der Waals surface area contributed by atoms with Gasteiger partial charge in [0, 0.05) is 31.9 Å². The quantitative estimate of drug-likeness (QED) is 0.834. The Morgan fingerprint density at radius 1 is 1.44 bits per heavy atom. The van der Waals surface area contributed by atoms with Crippen molar-refractivity contribution in [1.82, 2.24) is 9.88 Å². The number of fused-ring (bicyclic) bond motifs is 2. The predicted octanol–water partition coefficient (Wildman–Crippen LogP) is 1.52. The van der Waals surface area contributed by atoms with E-state index in [-0.39, 0.29) is 0 Å². The van der Waals surface area contributed by atoms with Crippen LogP contribution in [-0.4, -0.2) is 22.5 Å². The third kappa shape index (κ3) is 1.85. The number of pyridine rings is 1. The second-order valence-corrected chi connectivity index (χ2v) is 5.12. The van der Waals surface area contributed by atoms with Gasteiger partial charge < -0.3 is 5.73 Å². The number of rotatable bonds is 3. The third-order valence-electron chi connectivity index (χ3n) is 4.00. The number of hydrogen-bond acceptors (Lipinski definition) is 3. The number of aromatic nitrogens is 1. The minimum absolute atomic E-state index is 0.542. The van der Waals surface area contributed by atoms with Gasteiger partial charge in [-0.3, -0.25) is 9.88 Å². The molecule has 3 rings (SSSR count). The average Bonchev–Trinajstić information content (AvgIpc) is 2.91. The van der Waals surface area contributed by atoms with E-state index in [1.807, 2.05) is 6.20 Å². The fraction of sp³-hybridized carbons (Fsp3) is 0.615. The maximum Gasteiger partial charge on any atom is 0.0542 e. The zero-order valence-electron chi connectivity index (χ0n) is 9.60. The van der Waals surface area contributed by atoms with Crippen molar-refractivity contribution in [2.24, 2.45) is 11.7 Å². The van der Waals surface area contributed by atoms with Crippen LogP contribution >= 0.6 is 0 Å². The summed E-state index contributed by atoms with van der Waals surface area (Å²) in [5.41, 5.74) is 7.98. The van der Waals surface area contributed by atoms with Crippen LogP contribution in [0.4, 0.5) is 0 Å². The van der Waals surface area contributed by atoms with Crippen LogP contribution in [0.15, 0.2) is 18.3 Å². The molecular formula is C13H19N3. The molecule has 2 N–H and O–H groups in total. The number of likely N-dealkylation sites (tertiary alicyclic amines) is 1. The number of nitrogens with two attached hydrogens (primary N) is 1. The lowest BCUT2D eigenvalue weighted by atomic mass is 10.1. The van der Waals surface area contributed by atoms with E-state index in [0.29, 0.717) is 6.54 Å². The monoisotopic (exact) mass is 217 g/mol. The van der Waals surface area contributed by atoms with Crippen molar-refractivity contribution in [3.05, 3.63) is 29.6 Å². The highest BCUT2D eigenvalue weighted by Crippen LogP contribution is 2.37. The Hall–Kier alpha value is -0.930. The van der Waals surface area contributed by atoms with Gasteiger partial charge in [-0.05, 0) is 42.9 Å². The zero-order valence-corrected chi connectivity index (χ0v) is 9.60. The fourth-order valence-electron chi connectivity index (χ4n) is 3.19. The molecule has 3 nitrogen and oxygen atoms in total. The van der Waals surface area contributed by atoms with Crippen molar-refractivity contribution in [2.75, 3.05) is 6.54 Å². The fourth-order valence-corrected chi connectivity index (χ4v) is 3.19. The van der Waals surface area contributed by atoms with Gasteiger partial charge in [0.05, 0.1) is 5.69 Å². The Morgan fingerprint density at radius 3 is 3.06 bits per heavy atom. The zero-order chi connectivity index (χ0) is 11.0. The summed E-state index contributed by atoms with van der Waals surface area (Å²) < 4.78 is 0. The van der Waals surface area contributed by atoms with E-state index in [1.54, 1.807) is 0 Å². The molecule has 3 heteroatoms. The van der Waals surface area contributed by atoms with E-state index in [4.69, 9.17) is 5.73 Å². The largest absolute Gasteiger partial charge is 0.325 e. The molecule has 2 aliphatic rings. The van der Waals surface area contributed by atoms with Crippen molar-refractivity contribution in [3.8, 4) is 0 Å². The molecule has 0 aromatic carbocycles. The summed E-state index contributed by atoms with van der Waals surface area (Å²) in [5.74, 6) is 0.973. The summed E-state index contributed by atoms with van der Waals surface area (Å²) in [7, 11) is 0. The van der Waals surface area contributed by atoms with Crippen molar-refractivity contribution < 1.29 is 0 Å². The Morgan fingerprint density at radius 2 is 2.38 bits per heavy atom. The third-order valence-corrected chi connectivity index (χ3v) is 4.00. The highest BCUT2D eigenvalue weighted by Gasteiger charge is 2.37. The molecule has 2 atom stereocenters. The lowest BCUT2D eigenvalue weighted by Gasteiger charge is -2.26. The van der Waals surface area contributed by atoms with Crippen LogP contribution in [0.1, 0.15) is 30.5 Å². The van der Waals surface area contributed by atoms with E-state index >= 15 is 0 Å². The van der Waals surface area contributed by atoms with Gasteiger partial charge in [0.1, 0.15) is 0 Å². The first kappa shape index (κ1) is 10.2. The molecule has 1 aromatic rings. The second kappa shape index (κ2) is 4.15. The summed E-state index contributed by atoms with van der Waals surface area (Å²) >= 11 is 0. The molecule has 2 heterocycles. The summed E-state index contributed by atoms with van der Waals surface area (Å²) in [6, 6.07) is 5.11. The van der Waals surface area contributed by atoms with Crippen molar-refractivity contribution in [3.63, 3.8) is 0 Å². The highest BCUT2D eigenvalue weighted by atomic mass is 15.2. The summed E-state index contributed by atoms with van der Waals surface area (Å²) in [6.45, 7) is 2.92. The Balaban J connectivity index is 1.69. The van der Waals surface area contributed by atoms with Gasteiger partial charge >= 0.3 is 0 Å². The van der Waals surface area contributed by atoms with Gasteiger partial charge in [0.15, 0.2) is 0 Å². The smallest absolute Gasteiger partial charge is 0.0542 e. The molecule has 1 aliphatic carbocycles. The van der Waals surface area contributed by atoms with Gasteiger partial charge in [-0.1, -0.05) is 0 Å². The van der Waals surface area contributed by atoms with Crippen molar-refractivity contribution >= 4 is 0 Å². The van der Waals surface area contributed by atoms with Crippen LogP contribution in [-0.2, 0) is 13.1 Å². The summed E-state index contributed by atoms with van der Waals surface area (Å²) in [5, 5.41) is 0. The van der Waals surface area contributed by atoms with Gasteiger partial charge in [0.2, 0.25) is 0 Å². The first-order chi connectivity index (χ1) is 7.85. The average molecular weight is 217 g/mol. The molecule has 0 radical (unpaired) electrons. The van der Waals surface area contributed by atoms with E-state index < -0.39 is 0 Å². The number of nitrogens with zero attached hydrogens (tertiary/aromatic N) is 2. The van der Waals surface area contributed by atoms with Crippen molar-refractivity contribution in [1.29, 1.82) is 0 Å². The molecule has 0 amide bonds. The SMILES string of the molecule is NCc1cc(CN2CC3CCC2C3)ccn1. The molecule has 1 saturated carbocycles. The topological polar surface area (TPSA) is 42.1 Å². The summed E-state index contributed by atoms with van der Waals surface area (Å²) in [4.78, 5) is 6.87. The Kier molecular flexibility index (Phi) is 2.65. The standard InChI is InChI=1S/C13H19N3/c14-7-12-5-11(3-4-15-12)9-16-8-10-1-2-13(16)6-10/h3-5,10,13H,1-2,6-9,14H2. The lowest BCUT2D eigenvalue weighted by molar-refractivity contribution is 0.205. The van der Waals surface area contributed by atoms with Gasteiger partial charge in [-0.25, -0.2) is 0 Å². The Labute approximate surface area is 96.7 Å². The van der Waals surface area contributed by atoms with E-state index in [2.05, 4.69) is 22.0 Å². The van der Waals surface area contributed by atoms with Crippen LogP contribution in [0.5, 0.6) is 0 Å². The maximum atomic E-state index is 5.61. The number of piperidine rings is 1. The number of hydrogen-bond donors (Lipinski definition) is 1. The molecule has 1 aliphatic heterocycles. The lowest BCUT2D eigenvalue weighted by Crippen LogP contribution is -2.31. The highest BCUT2D eigenvalue weighted by molar-refractivity contribution is 5.16. The van der Waals surface area contributed by atoms with Gasteiger partial charge in [-0.15, -0.1) is 0 Å². The molecule has 86 valence electrons. The molecule has 2 fully saturated rings. The molecular weight excluding hydrogens is 198 g/mol. The van der Waals surface area contributed by atoms with Crippen LogP contribution in [0.3, 0.4) is 0 Å². The predicted molar refractivity (Wildman–Crippen MR) is 63.7 cm³/mol. The van der Waals surface area contributed by atoms with Crippen LogP contribution in [0.2, 0.25) is 0 Å². The van der Waals surface area contributed by atoms with E-state index in [1.165, 1.54) is 31.4 Å². The molecule has 2 unspecified atom stereocenters. The first-order valence-corrected chi connectivity index (χ1v) is 6.23. The summed E-state index contributed by atoms with van der Waals surface area (Å²) in [6.07, 6.45) is 6.16. The minimum atomic E-state index is 0.542. The van der Waals surface area contributed by atoms with Crippen LogP contribution < -0.4 is 5.73 Å². The normalized spacial score (nSPS) is 28.8. The van der Waals surface area contributed by atoms with Gasteiger partial charge in [-0.2, -0.15) is 0 Å². The van der Waals surface area contributed by atoms with Gasteiger partial charge in [0.25, 0.3) is 0 Å². The molecule has 1 aromatic heterocycles. The Bertz CT molecular complexity index is 377. The second-order valence-electron chi connectivity index (χ2n) is 5.12. The van der Waals surface area contributed by atoms with Crippen LogP contribution in [0, 0.1) is 5.92 Å². The molecule has 16 heavy (non-hydrogen) atoms. The van der Waals surface area contributed by atoms with Crippen LogP contribution in [0.25, 0.3) is 0 Å². The van der Waals surface area contributed by atoms with Crippen molar-refractivity contribution in [2.45, 2.75) is 38.4 Å². The first-order valence-electron chi connectivity index (χ1n) is 6.23. The molecule has 2 bridgehead atoms. The molecule has 1 saturated heterocycles. The van der Waals surface area contributed by atoms with E-state index in [0.717, 1.165) is 24.2 Å². The molecule has 0 spiro atoms. The maximum absolute atomic E-state index is 5.61. The van der Waals surface area contributed by atoms with E-state index in [9.17, 15) is 0 Å². The minimum Gasteiger partial charge on any atom is -0.325 e.